The van der Waals surface area contributed by atoms with Crippen molar-refractivity contribution in [2.75, 3.05) is 26.4 Å². The molecule has 8 heterocycles. The van der Waals surface area contributed by atoms with E-state index in [1.165, 1.54) is 43.2 Å². The number of allylic oxidation sites excluding steroid dienone is 3. The van der Waals surface area contributed by atoms with Gasteiger partial charge in [-0.25, -0.2) is 4.79 Å². The molecule has 2 aromatic rings. The molecule has 5 saturated heterocycles. The number of furan rings is 1. The summed E-state index contributed by atoms with van der Waals surface area (Å²) < 4.78 is 37.5. The third-order valence-corrected chi connectivity index (χ3v) is 32.3. The highest BCUT2D eigenvalue weighted by Gasteiger charge is 2.99. The molecule has 7 aliphatic heterocycles. The molecule has 4 N–H and O–H groups in total. The van der Waals surface area contributed by atoms with Crippen LogP contribution in [-0.4, -0.2) is 106 Å². The summed E-state index contributed by atoms with van der Waals surface area (Å²) in [5.41, 5.74) is -3.99. The van der Waals surface area contributed by atoms with Gasteiger partial charge >= 0.3 is 11.9 Å². The summed E-state index contributed by atoms with van der Waals surface area (Å²) in [5, 5.41) is 41.6. The average Bonchev–Trinajstić information content (AvgIpc) is 1.41. The summed E-state index contributed by atoms with van der Waals surface area (Å²) in [5.74, 6) is 1.19. The number of esters is 2. The Morgan fingerprint density at radius 3 is 2.60 bits per heavy atom. The lowest BCUT2D eigenvalue weighted by atomic mass is 9.29. The van der Waals surface area contributed by atoms with Crippen molar-refractivity contribution in [3.8, 4) is 0 Å². The normalized spacial score (nSPS) is 53.7. The van der Waals surface area contributed by atoms with E-state index in [-0.39, 0.29) is 77.7 Å². The maximum absolute atomic E-state index is 18.0. The zero-order valence-electron chi connectivity index (χ0n) is 52.9. The van der Waals surface area contributed by atoms with Gasteiger partial charge in [-0.3, -0.25) is 14.9 Å². The summed E-state index contributed by atoms with van der Waals surface area (Å²) in [6.07, 6.45) is 32.8. The standard InChI is InChI=1S/C77H96N2O11/c1-70-36-47-37-71-25-9-16-49(71)33-51-34-60-72-26-21-44-13-5-6-17-52(44)56(72)18-8-14-48(72)22-27-74(60)63-61(82)65(83)75(50-15-7-12-43(31-50)30-42-10-3-2-4-11-42,62(47)73(63)40-87-68(84)64(71)76(51,73)90-74)77(70)67(89-77)69(85)88-66(70)54-24-29-86-59(54)35-55(58(81)39-80)45-19-20-53-46(32-45)23-28-79-41-78-38-57(53)79/h2-4,8,10-11,14,23-24,28-29,34,43-50,52-53,55-58,60,62-67,78,80-81,83H,5-7,9,12-13,15-22,25-27,30-33,35-41H2,1H3. The van der Waals surface area contributed by atoms with Gasteiger partial charge in [-0.1, -0.05) is 100 Å². The Morgan fingerprint density at radius 1 is 0.833 bits per heavy atom. The molecule has 13 heteroatoms. The van der Waals surface area contributed by atoms with Gasteiger partial charge in [0, 0.05) is 41.3 Å². The van der Waals surface area contributed by atoms with E-state index in [4.69, 9.17) is 23.4 Å². The molecule has 1 aromatic carbocycles. The fourth-order valence-corrected chi connectivity index (χ4v) is 30.0. The summed E-state index contributed by atoms with van der Waals surface area (Å²) in [4.78, 5) is 52.3. The van der Waals surface area contributed by atoms with Crippen molar-refractivity contribution in [2.24, 2.45) is 122 Å². The minimum Gasteiger partial charge on any atom is -0.469 e. The van der Waals surface area contributed by atoms with Crippen LogP contribution in [0.25, 0.3) is 0 Å². The Morgan fingerprint density at radius 2 is 1.71 bits per heavy atom. The number of fused-ring (bicyclic) bond motifs is 5. The van der Waals surface area contributed by atoms with Gasteiger partial charge < -0.3 is 43.6 Å². The number of hydrogen-bond acceptors (Lipinski definition) is 13. The van der Waals surface area contributed by atoms with E-state index < -0.39 is 80.7 Å². The number of aliphatic hydroxyl groups excluding tert-OH is 3. The maximum Gasteiger partial charge on any atom is 0.339 e. The van der Waals surface area contributed by atoms with Crippen LogP contribution in [0.1, 0.15) is 171 Å². The average molecular weight is 1230 g/mol. The lowest BCUT2D eigenvalue weighted by Gasteiger charge is -2.73. The summed E-state index contributed by atoms with van der Waals surface area (Å²) >= 11 is 0. The van der Waals surface area contributed by atoms with Crippen LogP contribution in [-0.2, 0) is 46.2 Å². The number of aliphatic hydroxyl groups is 3. The van der Waals surface area contributed by atoms with E-state index in [0.717, 1.165) is 127 Å². The van der Waals surface area contributed by atoms with Crippen molar-refractivity contribution in [2.45, 2.75) is 208 Å². The van der Waals surface area contributed by atoms with Gasteiger partial charge in [-0.05, 0) is 220 Å². The van der Waals surface area contributed by atoms with E-state index >= 15 is 19.5 Å². The van der Waals surface area contributed by atoms with Crippen LogP contribution in [0.4, 0.5) is 0 Å². The molecule has 29 unspecified atom stereocenters. The first-order valence-corrected chi connectivity index (χ1v) is 36.7. The first kappa shape index (κ1) is 56.3. The number of ketones is 1. The molecule has 15 fully saturated rings. The quantitative estimate of drug-likeness (QED) is 0.106. The number of ether oxygens (including phenoxy) is 4. The van der Waals surface area contributed by atoms with Crippen LogP contribution in [0.3, 0.4) is 0 Å². The summed E-state index contributed by atoms with van der Waals surface area (Å²) in [7, 11) is 0. The molecule has 10 saturated carbocycles. The predicted molar refractivity (Wildman–Crippen MR) is 331 cm³/mol. The SMILES string of the molecule is CC12CC3CC45CCCC4CC4=CC6C7(CCC8C=CCC9C%10CCCCC%10CCC896)OC46C5C(=O)OCC64C7C(=O)C(O)C(C5CCCC(Cc6ccccc6)C5)(C34)C13OC3C(=O)OC2c1ccoc1CC(C(O)CO)C1CCC2C(C=CN3CNCC23)C1. The van der Waals surface area contributed by atoms with Gasteiger partial charge in [-0.2, -0.15) is 0 Å². The number of cyclic esters (lactones) is 2. The number of nitrogens with zero attached hydrogens (tertiary/aromatic N) is 1. The number of rotatable bonds is 9. The molecule has 480 valence electrons. The second kappa shape index (κ2) is 19.1. The Balaban J connectivity index is 0.778. The Labute approximate surface area is 530 Å². The van der Waals surface area contributed by atoms with E-state index in [2.05, 4.69) is 78.0 Å². The molecule has 18 aliphatic rings. The second-order valence-corrected chi connectivity index (χ2v) is 34.4. The third-order valence-electron chi connectivity index (χ3n) is 32.3. The highest BCUT2D eigenvalue weighted by Crippen LogP contribution is 2.91. The number of hydrogen-bond donors (Lipinski definition) is 4. The minimum absolute atomic E-state index is 0.0476. The van der Waals surface area contributed by atoms with E-state index in [9.17, 15) is 10.2 Å². The van der Waals surface area contributed by atoms with Gasteiger partial charge in [0.1, 0.15) is 35.8 Å². The smallest absolute Gasteiger partial charge is 0.339 e. The number of nitrogens with one attached hydrogen (secondary N) is 1. The van der Waals surface area contributed by atoms with E-state index in [1.807, 2.05) is 6.07 Å². The summed E-state index contributed by atoms with van der Waals surface area (Å²) in [6, 6.07) is 13.3. The zero-order valence-corrected chi connectivity index (χ0v) is 52.9. The molecular weight excluding hydrogens is 1130 g/mol. The molecule has 13 nitrogen and oxygen atoms in total. The van der Waals surface area contributed by atoms with E-state index in [0.29, 0.717) is 60.7 Å². The largest absolute Gasteiger partial charge is 0.469 e. The molecule has 0 amide bonds. The lowest BCUT2D eigenvalue weighted by molar-refractivity contribution is -0.301. The van der Waals surface area contributed by atoms with Crippen molar-refractivity contribution < 1.29 is 53.1 Å². The van der Waals surface area contributed by atoms with Crippen molar-refractivity contribution >= 4 is 17.7 Å². The van der Waals surface area contributed by atoms with Gasteiger partial charge in [-0.15, -0.1) is 0 Å². The first-order valence-electron chi connectivity index (χ1n) is 36.7. The third kappa shape index (κ3) is 6.50. The number of epoxide rings is 1. The van der Waals surface area contributed by atoms with Crippen LogP contribution >= 0.6 is 0 Å². The Bertz CT molecular complexity index is 3430. The first-order chi connectivity index (χ1) is 43.8. The monoisotopic (exact) mass is 1220 g/mol. The topological polar surface area (TPSA) is 181 Å². The van der Waals surface area contributed by atoms with Gasteiger partial charge in [0.25, 0.3) is 0 Å². The van der Waals surface area contributed by atoms with Gasteiger partial charge in [0.05, 0.1) is 48.5 Å². The van der Waals surface area contributed by atoms with Crippen LogP contribution in [0, 0.1) is 122 Å². The van der Waals surface area contributed by atoms with Crippen LogP contribution in [0.5, 0.6) is 0 Å². The van der Waals surface area contributed by atoms with Crippen LogP contribution < -0.4 is 5.32 Å². The molecule has 0 radical (unpaired) electrons. The predicted octanol–water partition coefficient (Wildman–Crippen LogP) is 10.9. The fourth-order valence-electron chi connectivity index (χ4n) is 30.0. The fraction of sp³-hybridized carbons (Fsp3) is 0.753. The van der Waals surface area contributed by atoms with E-state index in [1.54, 1.807) is 6.26 Å². The highest BCUT2D eigenvalue weighted by atomic mass is 16.7. The molecular formula is C77H96N2O11. The molecule has 90 heavy (non-hydrogen) atoms. The minimum atomic E-state index is -1.49. The van der Waals surface area contributed by atoms with Gasteiger partial charge in [0.15, 0.2) is 11.9 Å². The lowest BCUT2D eigenvalue weighted by Crippen LogP contribution is -2.82. The Hall–Kier alpha value is -4.11. The molecule has 1 aromatic heterocycles. The molecule has 5 bridgehead atoms. The summed E-state index contributed by atoms with van der Waals surface area (Å²) in [6.45, 7) is 3.86. The van der Waals surface area contributed by atoms with Crippen LogP contribution in [0.2, 0.25) is 0 Å². The van der Waals surface area contributed by atoms with Crippen LogP contribution in [0.15, 0.2) is 83.2 Å². The number of Topliss-reactive ketones (excluding diaryl/α,β-unsaturated/α-hetero) is 1. The van der Waals surface area contributed by atoms with Crippen molar-refractivity contribution in [1.82, 2.24) is 10.2 Å². The van der Waals surface area contributed by atoms with Gasteiger partial charge in [0.2, 0.25) is 0 Å². The number of carbonyl (C=O) groups is 3. The Kier molecular flexibility index (Phi) is 11.9. The zero-order chi connectivity index (χ0) is 60.3. The number of benzene rings is 1. The van der Waals surface area contributed by atoms with Crippen molar-refractivity contribution in [3.63, 3.8) is 0 Å². The maximum atomic E-state index is 18.0. The molecule has 11 aliphatic carbocycles. The molecule has 29 atom stereocenters. The molecule has 6 spiro atoms. The van der Waals surface area contributed by atoms with Crippen molar-refractivity contribution in [1.29, 1.82) is 0 Å². The molecule has 20 rings (SSSR count). The number of carbonyl (C=O) groups excluding carboxylic acids is 3. The van der Waals surface area contributed by atoms with Crippen molar-refractivity contribution in [3.05, 3.63) is 95.6 Å². The highest BCUT2D eigenvalue weighted by molar-refractivity contribution is 5.94. The second-order valence-electron chi connectivity index (χ2n) is 34.4.